The highest BCUT2D eigenvalue weighted by Crippen LogP contribution is 2.19. The number of aromatic nitrogens is 1. The van der Waals surface area contributed by atoms with E-state index in [0.29, 0.717) is 0 Å². The topological polar surface area (TPSA) is 143 Å². The second kappa shape index (κ2) is 8.86. The van der Waals surface area contributed by atoms with E-state index in [9.17, 15) is 24.5 Å². The zero-order chi connectivity index (χ0) is 21.7. The fraction of sp³-hybridized carbons (Fsp3) is 0.150. The molecule has 0 atom stereocenters. The highest BCUT2D eigenvalue weighted by molar-refractivity contribution is 6.00. The van der Waals surface area contributed by atoms with E-state index in [1.807, 2.05) is 24.3 Å². The largest absolute Gasteiger partial charge is 0.462 e. The molecule has 0 spiro atoms. The summed E-state index contributed by atoms with van der Waals surface area (Å²) in [5, 5.41) is 12.0. The van der Waals surface area contributed by atoms with Crippen LogP contribution >= 0.6 is 0 Å². The van der Waals surface area contributed by atoms with Crippen LogP contribution in [0.1, 0.15) is 33.2 Å². The number of carbonyl (C=O) groups is 3. The third-order valence-electron chi connectivity index (χ3n) is 4.24. The number of hydrazine groups is 1. The molecule has 2 amide bonds. The highest BCUT2D eigenvalue weighted by Gasteiger charge is 2.19. The summed E-state index contributed by atoms with van der Waals surface area (Å²) >= 11 is 0. The summed E-state index contributed by atoms with van der Waals surface area (Å²) in [6.45, 7) is 1.67. The van der Waals surface area contributed by atoms with Crippen molar-refractivity contribution in [2.24, 2.45) is 0 Å². The number of rotatable bonds is 6. The number of amides is 2. The SMILES string of the molecule is CCOC(=O)c1cc(C(=O)NNC(=O)Cc2c[nH]c3ccccc23)cc([N+](=O)[O-])c1. The van der Waals surface area contributed by atoms with Gasteiger partial charge in [0.15, 0.2) is 0 Å². The van der Waals surface area contributed by atoms with Gasteiger partial charge in [-0.15, -0.1) is 0 Å². The van der Waals surface area contributed by atoms with E-state index < -0.39 is 28.4 Å². The van der Waals surface area contributed by atoms with Gasteiger partial charge in [-0.2, -0.15) is 0 Å². The molecule has 0 aliphatic rings. The Morgan fingerprint density at radius 2 is 1.83 bits per heavy atom. The molecule has 0 unspecified atom stereocenters. The number of fused-ring (bicyclic) bond motifs is 1. The van der Waals surface area contributed by atoms with Crippen LogP contribution in [-0.2, 0) is 16.0 Å². The summed E-state index contributed by atoms with van der Waals surface area (Å²) < 4.78 is 4.82. The number of carbonyl (C=O) groups excluding carboxylic acids is 3. The maximum atomic E-state index is 12.4. The Morgan fingerprint density at radius 1 is 1.10 bits per heavy atom. The van der Waals surface area contributed by atoms with Gasteiger partial charge in [-0.3, -0.25) is 30.6 Å². The average molecular weight is 410 g/mol. The van der Waals surface area contributed by atoms with E-state index >= 15 is 0 Å². The number of non-ortho nitro benzene ring substituents is 1. The van der Waals surface area contributed by atoms with Gasteiger partial charge < -0.3 is 9.72 Å². The standard InChI is InChI=1S/C20H18N4O6/c1-2-30-20(27)13-7-12(8-15(9-13)24(28)29)19(26)23-22-18(25)10-14-11-21-17-6-4-3-5-16(14)17/h3-9,11,21H,2,10H2,1H3,(H,22,25)(H,23,26). The van der Waals surface area contributed by atoms with Gasteiger partial charge in [-0.1, -0.05) is 18.2 Å². The van der Waals surface area contributed by atoms with E-state index in [1.54, 1.807) is 13.1 Å². The van der Waals surface area contributed by atoms with Crippen LogP contribution in [0.3, 0.4) is 0 Å². The highest BCUT2D eigenvalue weighted by atomic mass is 16.6. The molecular formula is C20H18N4O6. The number of para-hydroxylation sites is 1. The number of esters is 1. The maximum absolute atomic E-state index is 12.4. The molecule has 1 aromatic heterocycles. The third kappa shape index (κ3) is 4.61. The van der Waals surface area contributed by atoms with Crippen molar-refractivity contribution in [3.63, 3.8) is 0 Å². The number of ether oxygens (including phenoxy) is 1. The van der Waals surface area contributed by atoms with Crippen LogP contribution < -0.4 is 10.9 Å². The molecule has 2 aromatic carbocycles. The number of nitrogens with zero attached hydrogens (tertiary/aromatic N) is 1. The first kappa shape index (κ1) is 20.5. The number of nitro benzene ring substituents is 1. The first-order valence-corrected chi connectivity index (χ1v) is 8.99. The Morgan fingerprint density at radius 3 is 2.57 bits per heavy atom. The molecule has 0 fully saturated rings. The molecule has 0 aliphatic heterocycles. The van der Waals surface area contributed by atoms with Crippen molar-refractivity contribution >= 4 is 34.4 Å². The number of nitrogens with one attached hydrogen (secondary N) is 3. The van der Waals surface area contributed by atoms with Gasteiger partial charge in [0.05, 0.1) is 23.5 Å². The molecule has 0 bridgehead atoms. The van der Waals surface area contributed by atoms with Gasteiger partial charge in [0.1, 0.15) is 0 Å². The van der Waals surface area contributed by atoms with Crippen LogP contribution in [0.5, 0.6) is 0 Å². The Balaban J connectivity index is 1.69. The number of benzene rings is 2. The van der Waals surface area contributed by atoms with Crippen LogP contribution in [0.2, 0.25) is 0 Å². The lowest BCUT2D eigenvalue weighted by atomic mass is 10.1. The van der Waals surface area contributed by atoms with Crippen LogP contribution in [0, 0.1) is 10.1 Å². The fourth-order valence-corrected chi connectivity index (χ4v) is 2.87. The fourth-order valence-electron chi connectivity index (χ4n) is 2.87. The minimum absolute atomic E-state index is 0.00725. The predicted octanol–water partition coefficient (Wildman–Crippen LogP) is 2.26. The summed E-state index contributed by atoms with van der Waals surface area (Å²) in [5.74, 6) is -2.08. The summed E-state index contributed by atoms with van der Waals surface area (Å²) in [5.41, 5.74) is 5.34. The third-order valence-corrected chi connectivity index (χ3v) is 4.24. The van der Waals surface area contributed by atoms with Crippen molar-refractivity contribution in [2.75, 3.05) is 6.61 Å². The minimum atomic E-state index is -0.809. The van der Waals surface area contributed by atoms with Crippen molar-refractivity contribution in [1.82, 2.24) is 15.8 Å². The van der Waals surface area contributed by atoms with Crippen LogP contribution in [0.4, 0.5) is 5.69 Å². The molecule has 3 aromatic rings. The molecule has 0 saturated heterocycles. The van der Waals surface area contributed by atoms with Gasteiger partial charge in [-0.25, -0.2) is 4.79 Å². The quantitative estimate of drug-likeness (QED) is 0.323. The van der Waals surface area contributed by atoms with Crippen molar-refractivity contribution < 1.29 is 24.0 Å². The summed E-state index contributed by atoms with van der Waals surface area (Å²) in [4.78, 5) is 49.9. The molecule has 0 aliphatic carbocycles. The Bertz CT molecular complexity index is 1140. The number of hydrogen-bond donors (Lipinski definition) is 3. The second-order valence-electron chi connectivity index (χ2n) is 6.28. The lowest BCUT2D eigenvalue weighted by molar-refractivity contribution is -0.384. The molecule has 1 heterocycles. The first-order valence-electron chi connectivity index (χ1n) is 8.99. The lowest BCUT2D eigenvalue weighted by Gasteiger charge is -2.09. The van der Waals surface area contributed by atoms with Gasteiger partial charge in [0.2, 0.25) is 5.91 Å². The monoisotopic (exact) mass is 410 g/mol. The van der Waals surface area contributed by atoms with Gasteiger partial charge >= 0.3 is 5.97 Å². The molecular weight excluding hydrogens is 392 g/mol. The van der Waals surface area contributed by atoms with E-state index in [-0.39, 0.29) is 24.2 Å². The summed E-state index contributed by atoms with van der Waals surface area (Å²) in [6.07, 6.45) is 1.71. The molecule has 3 rings (SSSR count). The number of nitro groups is 1. The van der Waals surface area contributed by atoms with Crippen LogP contribution in [-0.4, -0.2) is 34.3 Å². The molecule has 10 nitrogen and oxygen atoms in total. The van der Waals surface area contributed by atoms with Crippen molar-refractivity contribution in [3.05, 3.63) is 75.5 Å². The predicted molar refractivity (Wildman–Crippen MR) is 107 cm³/mol. The molecule has 10 heteroatoms. The second-order valence-corrected chi connectivity index (χ2v) is 6.28. The van der Waals surface area contributed by atoms with Crippen molar-refractivity contribution in [2.45, 2.75) is 13.3 Å². The van der Waals surface area contributed by atoms with E-state index in [1.165, 1.54) is 0 Å². The van der Waals surface area contributed by atoms with Crippen molar-refractivity contribution in [1.29, 1.82) is 0 Å². The summed E-state index contributed by atoms with van der Waals surface area (Å²) in [6, 6.07) is 10.6. The average Bonchev–Trinajstić information content (AvgIpc) is 3.14. The Hall–Kier alpha value is -4.21. The van der Waals surface area contributed by atoms with Gasteiger partial charge in [0.25, 0.3) is 11.6 Å². The molecule has 0 saturated carbocycles. The van der Waals surface area contributed by atoms with Crippen LogP contribution in [0.15, 0.2) is 48.7 Å². The zero-order valence-electron chi connectivity index (χ0n) is 15.9. The van der Waals surface area contributed by atoms with Crippen LogP contribution in [0.25, 0.3) is 10.9 Å². The van der Waals surface area contributed by atoms with Crippen molar-refractivity contribution in [3.8, 4) is 0 Å². The Kier molecular flexibility index (Phi) is 6.06. The Labute approximate surface area is 170 Å². The molecule has 0 radical (unpaired) electrons. The molecule has 3 N–H and O–H groups in total. The van der Waals surface area contributed by atoms with E-state index in [4.69, 9.17) is 4.74 Å². The number of H-pyrrole nitrogens is 1. The summed E-state index contributed by atoms with van der Waals surface area (Å²) in [7, 11) is 0. The molecule has 154 valence electrons. The van der Waals surface area contributed by atoms with E-state index in [2.05, 4.69) is 15.8 Å². The zero-order valence-corrected chi connectivity index (χ0v) is 15.9. The number of aromatic amines is 1. The van der Waals surface area contributed by atoms with E-state index in [0.717, 1.165) is 34.7 Å². The van der Waals surface area contributed by atoms with Gasteiger partial charge in [0, 0.05) is 34.8 Å². The molecule has 30 heavy (non-hydrogen) atoms. The number of hydrogen-bond acceptors (Lipinski definition) is 6. The maximum Gasteiger partial charge on any atom is 0.338 e. The normalized spacial score (nSPS) is 10.4. The smallest absolute Gasteiger partial charge is 0.338 e. The first-order chi connectivity index (χ1) is 14.4. The minimum Gasteiger partial charge on any atom is -0.462 e. The lowest BCUT2D eigenvalue weighted by Crippen LogP contribution is -2.42. The van der Waals surface area contributed by atoms with Gasteiger partial charge in [-0.05, 0) is 24.6 Å².